The summed E-state index contributed by atoms with van der Waals surface area (Å²) in [6.45, 7) is 6.21. The van der Waals surface area contributed by atoms with E-state index in [0.29, 0.717) is 0 Å². The van der Waals surface area contributed by atoms with E-state index in [-0.39, 0.29) is 5.41 Å². The summed E-state index contributed by atoms with van der Waals surface area (Å²) in [6, 6.07) is 10.6. The van der Waals surface area contributed by atoms with E-state index in [1.807, 2.05) is 12.3 Å². The van der Waals surface area contributed by atoms with Gasteiger partial charge < -0.3 is 5.11 Å². The first kappa shape index (κ1) is 14.2. The molecule has 102 valence electrons. The molecule has 0 spiro atoms. The molecule has 0 saturated heterocycles. The molecule has 0 aliphatic rings. The molecule has 1 aromatic carbocycles. The van der Waals surface area contributed by atoms with Crippen molar-refractivity contribution in [3.05, 3.63) is 52.0 Å². The van der Waals surface area contributed by atoms with Gasteiger partial charge in [0.05, 0.1) is 11.0 Å². The van der Waals surface area contributed by atoms with E-state index in [0.717, 1.165) is 22.7 Å². The van der Waals surface area contributed by atoms with Gasteiger partial charge in [-0.15, -0.1) is 11.3 Å². The van der Waals surface area contributed by atoms with Crippen LogP contribution in [0.25, 0.3) is 0 Å². The third-order valence-corrected chi connectivity index (χ3v) is 5.25. The first-order valence-corrected chi connectivity index (χ1v) is 7.65. The summed E-state index contributed by atoms with van der Waals surface area (Å²) in [6.07, 6.45) is 3.40. The molecule has 0 amide bonds. The van der Waals surface area contributed by atoms with E-state index in [1.165, 1.54) is 5.56 Å². The van der Waals surface area contributed by atoms with Crippen LogP contribution in [0.15, 0.2) is 36.5 Å². The van der Waals surface area contributed by atoms with Gasteiger partial charge in [-0.25, -0.2) is 4.98 Å². The number of rotatable bonds is 5. The summed E-state index contributed by atoms with van der Waals surface area (Å²) in [5, 5.41) is 10.8. The van der Waals surface area contributed by atoms with Crippen molar-refractivity contribution < 1.29 is 5.11 Å². The minimum atomic E-state index is -0.437. The topological polar surface area (TPSA) is 33.1 Å². The largest absolute Gasteiger partial charge is 0.388 e. The summed E-state index contributed by atoms with van der Waals surface area (Å²) >= 11 is 1.63. The molecule has 0 aliphatic heterocycles. The molecular weight excluding hydrogens is 254 g/mol. The van der Waals surface area contributed by atoms with Crippen LogP contribution in [-0.4, -0.2) is 10.1 Å². The van der Waals surface area contributed by atoms with E-state index in [1.54, 1.807) is 18.3 Å². The van der Waals surface area contributed by atoms with Crippen LogP contribution in [0.4, 0.5) is 0 Å². The Labute approximate surface area is 119 Å². The number of hydrogen-bond acceptors (Lipinski definition) is 3. The van der Waals surface area contributed by atoms with Crippen LogP contribution in [0.5, 0.6) is 0 Å². The SMILES string of the molecule is CCC(CC)(c1ccccc1)c1ncc(C(C)O)s1. The standard InChI is InChI=1S/C16H21NOS/c1-4-16(5-2,13-9-7-6-8-10-13)15-17-11-14(19-15)12(3)18/h6-12,18H,4-5H2,1-3H3. The average Bonchev–Trinajstić information content (AvgIpc) is 2.93. The van der Waals surface area contributed by atoms with Gasteiger partial charge in [0.15, 0.2) is 0 Å². The third kappa shape index (κ3) is 2.58. The van der Waals surface area contributed by atoms with Crippen molar-refractivity contribution in [3.8, 4) is 0 Å². The highest BCUT2D eigenvalue weighted by Gasteiger charge is 2.33. The number of aromatic nitrogens is 1. The third-order valence-electron chi connectivity index (χ3n) is 3.88. The maximum absolute atomic E-state index is 9.69. The van der Waals surface area contributed by atoms with Crippen LogP contribution in [0.1, 0.15) is 55.2 Å². The number of benzene rings is 1. The average molecular weight is 275 g/mol. The lowest BCUT2D eigenvalue weighted by Crippen LogP contribution is -2.25. The van der Waals surface area contributed by atoms with E-state index >= 15 is 0 Å². The molecule has 0 fully saturated rings. The fourth-order valence-corrected chi connectivity index (χ4v) is 3.75. The maximum Gasteiger partial charge on any atom is 0.103 e. The molecule has 3 heteroatoms. The molecule has 1 N–H and O–H groups in total. The van der Waals surface area contributed by atoms with Gasteiger partial charge in [-0.05, 0) is 25.3 Å². The van der Waals surface area contributed by atoms with Crippen molar-refractivity contribution in [3.63, 3.8) is 0 Å². The van der Waals surface area contributed by atoms with Crippen LogP contribution in [0, 0.1) is 0 Å². The second-order valence-corrected chi connectivity index (χ2v) is 5.96. The van der Waals surface area contributed by atoms with E-state index in [4.69, 9.17) is 0 Å². The normalized spacial score (nSPS) is 13.5. The predicted molar refractivity (Wildman–Crippen MR) is 80.6 cm³/mol. The molecule has 2 rings (SSSR count). The maximum atomic E-state index is 9.69. The van der Waals surface area contributed by atoms with Crippen molar-refractivity contribution in [1.29, 1.82) is 0 Å². The van der Waals surface area contributed by atoms with Crippen molar-refractivity contribution in [2.45, 2.75) is 45.1 Å². The second-order valence-electron chi connectivity index (χ2n) is 4.90. The highest BCUT2D eigenvalue weighted by atomic mass is 32.1. The van der Waals surface area contributed by atoms with Crippen LogP contribution in [-0.2, 0) is 5.41 Å². The summed E-state index contributed by atoms with van der Waals surface area (Å²) in [7, 11) is 0. The summed E-state index contributed by atoms with van der Waals surface area (Å²) < 4.78 is 0. The molecule has 0 aliphatic carbocycles. The lowest BCUT2D eigenvalue weighted by Gasteiger charge is -2.30. The Morgan fingerprint density at radius 3 is 2.32 bits per heavy atom. The quantitative estimate of drug-likeness (QED) is 0.882. The number of aliphatic hydroxyl groups is 1. The predicted octanol–water partition coefficient (Wildman–Crippen LogP) is 4.30. The lowest BCUT2D eigenvalue weighted by molar-refractivity contribution is 0.203. The molecule has 1 atom stereocenters. The minimum Gasteiger partial charge on any atom is -0.388 e. The van der Waals surface area contributed by atoms with Gasteiger partial charge >= 0.3 is 0 Å². The lowest BCUT2D eigenvalue weighted by atomic mass is 9.76. The second kappa shape index (κ2) is 5.85. The van der Waals surface area contributed by atoms with Crippen molar-refractivity contribution >= 4 is 11.3 Å². The van der Waals surface area contributed by atoms with Crippen LogP contribution < -0.4 is 0 Å². The Morgan fingerprint density at radius 2 is 1.84 bits per heavy atom. The highest BCUT2D eigenvalue weighted by Crippen LogP contribution is 2.41. The summed E-state index contributed by atoms with van der Waals surface area (Å²) in [4.78, 5) is 5.53. The Kier molecular flexibility index (Phi) is 4.38. The van der Waals surface area contributed by atoms with Gasteiger partial charge in [0, 0.05) is 11.6 Å². The molecular formula is C16H21NOS. The molecule has 0 saturated carbocycles. The Morgan fingerprint density at radius 1 is 1.21 bits per heavy atom. The van der Waals surface area contributed by atoms with Gasteiger partial charge in [0.2, 0.25) is 0 Å². The number of aliphatic hydroxyl groups excluding tert-OH is 1. The van der Waals surface area contributed by atoms with Crippen LogP contribution in [0.2, 0.25) is 0 Å². The molecule has 2 aromatic rings. The molecule has 1 unspecified atom stereocenters. The molecule has 0 radical (unpaired) electrons. The van der Waals surface area contributed by atoms with E-state index < -0.39 is 6.10 Å². The summed E-state index contributed by atoms with van der Waals surface area (Å²) in [5.74, 6) is 0. The van der Waals surface area contributed by atoms with Gasteiger partial charge in [0.1, 0.15) is 5.01 Å². The molecule has 1 aromatic heterocycles. The number of nitrogens with zero attached hydrogens (tertiary/aromatic N) is 1. The number of hydrogen-bond donors (Lipinski definition) is 1. The first-order chi connectivity index (χ1) is 9.14. The number of thiazole rings is 1. The van der Waals surface area contributed by atoms with E-state index in [9.17, 15) is 5.11 Å². The highest BCUT2D eigenvalue weighted by molar-refractivity contribution is 7.11. The minimum absolute atomic E-state index is 0.0287. The van der Waals surface area contributed by atoms with Gasteiger partial charge in [-0.1, -0.05) is 44.2 Å². The molecule has 19 heavy (non-hydrogen) atoms. The van der Waals surface area contributed by atoms with Gasteiger partial charge in [-0.2, -0.15) is 0 Å². The van der Waals surface area contributed by atoms with Crippen molar-refractivity contribution in [1.82, 2.24) is 4.98 Å². The smallest absolute Gasteiger partial charge is 0.103 e. The molecule has 0 bridgehead atoms. The zero-order chi connectivity index (χ0) is 13.9. The Bertz CT molecular complexity index is 515. The molecule has 1 heterocycles. The fraction of sp³-hybridized carbons (Fsp3) is 0.438. The van der Waals surface area contributed by atoms with Crippen LogP contribution >= 0.6 is 11.3 Å². The monoisotopic (exact) mass is 275 g/mol. The van der Waals surface area contributed by atoms with Crippen molar-refractivity contribution in [2.24, 2.45) is 0 Å². The summed E-state index contributed by atoms with van der Waals surface area (Å²) in [5.41, 5.74) is 1.28. The van der Waals surface area contributed by atoms with E-state index in [2.05, 4.69) is 43.1 Å². The fourth-order valence-electron chi connectivity index (χ4n) is 2.54. The van der Waals surface area contributed by atoms with Crippen molar-refractivity contribution in [2.75, 3.05) is 0 Å². The van der Waals surface area contributed by atoms with Gasteiger partial charge in [-0.3, -0.25) is 0 Å². The van der Waals surface area contributed by atoms with Crippen LogP contribution in [0.3, 0.4) is 0 Å². The Balaban J connectivity index is 2.49. The van der Waals surface area contributed by atoms with Gasteiger partial charge in [0.25, 0.3) is 0 Å². The zero-order valence-corrected chi connectivity index (χ0v) is 12.6. The Hall–Kier alpha value is -1.19. The molecule has 2 nitrogen and oxygen atoms in total. The zero-order valence-electron chi connectivity index (χ0n) is 11.8. The first-order valence-electron chi connectivity index (χ1n) is 6.83.